The first-order valence-corrected chi connectivity index (χ1v) is 25.7. The molecule has 86 heavy (non-hydrogen) atoms. The molecule has 0 aliphatic carbocycles. The van der Waals surface area contributed by atoms with Crippen LogP contribution in [0.3, 0.4) is 0 Å². The zero-order valence-electron chi connectivity index (χ0n) is 43.3. The van der Waals surface area contributed by atoms with Crippen LogP contribution >= 0.6 is 0 Å². The van der Waals surface area contributed by atoms with E-state index in [4.69, 9.17) is 0 Å². The Labute approximate surface area is 474 Å². The van der Waals surface area contributed by atoms with Crippen molar-refractivity contribution in [2.75, 3.05) is 0 Å². The zero-order chi connectivity index (χ0) is 61.2. The second-order valence-corrected chi connectivity index (χ2v) is 20.4. The van der Waals surface area contributed by atoms with Gasteiger partial charge in [-0.1, -0.05) is 97.1 Å². The molecule has 0 aliphatic rings. The molecule has 2 aromatic heterocycles. The van der Waals surface area contributed by atoms with Gasteiger partial charge in [-0.05, 0) is 165 Å². The van der Waals surface area contributed by atoms with E-state index >= 15 is 26.3 Å². The van der Waals surface area contributed by atoms with E-state index in [9.17, 15) is 52.7 Å². The van der Waals surface area contributed by atoms with Crippen LogP contribution in [0.15, 0.2) is 206 Å². The van der Waals surface area contributed by atoms with Crippen LogP contribution in [0.5, 0.6) is 0 Å². The van der Waals surface area contributed by atoms with E-state index in [0.29, 0.717) is 55.9 Å². The number of halogens is 18. The van der Waals surface area contributed by atoms with Crippen LogP contribution in [0, 0.1) is 0 Å². The fraction of sp³-hybridized carbons (Fsp3) is 0.0909. The molecule has 0 radical (unpaired) electrons. The van der Waals surface area contributed by atoms with Crippen LogP contribution in [-0.4, -0.2) is 9.13 Å². The first-order chi connectivity index (χ1) is 40.4. The van der Waals surface area contributed by atoms with E-state index in [2.05, 4.69) is 0 Å². The Morgan fingerprint density at radius 2 is 0.407 bits per heavy atom. The molecule has 0 N–H and O–H groups in total. The highest BCUT2D eigenvalue weighted by atomic mass is 19.4. The molecule has 12 rings (SSSR count). The Morgan fingerprint density at radius 3 is 0.605 bits per heavy atom. The Balaban J connectivity index is 1.11. The van der Waals surface area contributed by atoms with Crippen molar-refractivity contribution in [3.63, 3.8) is 0 Å². The van der Waals surface area contributed by atoms with Gasteiger partial charge >= 0.3 is 37.1 Å². The first kappa shape index (κ1) is 57.0. The minimum Gasteiger partial charge on any atom is -0.309 e. The summed E-state index contributed by atoms with van der Waals surface area (Å²) in [5, 5.41) is 1.64. The highest BCUT2D eigenvalue weighted by Gasteiger charge is 2.40. The predicted octanol–water partition coefficient (Wildman–Crippen LogP) is 22.3. The van der Waals surface area contributed by atoms with Crippen molar-refractivity contribution in [2.24, 2.45) is 0 Å². The van der Waals surface area contributed by atoms with Crippen LogP contribution in [0.2, 0.25) is 0 Å². The quantitative estimate of drug-likeness (QED) is 0.141. The van der Waals surface area contributed by atoms with Gasteiger partial charge in [-0.2, -0.15) is 79.0 Å². The number of alkyl halides is 18. The highest BCUT2D eigenvalue weighted by molar-refractivity contribution is 6.12. The van der Waals surface area contributed by atoms with E-state index in [-0.39, 0.29) is 55.7 Å². The number of aromatic nitrogens is 2. The summed E-state index contributed by atoms with van der Waals surface area (Å²) >= 11 is 0. The molecular formula is C66H34F18N2. The van der Waals surface area contributed by atoms with Crippen LogP contribution in [0.25, 0.3) is 111 Å². The smallest absolute Gasteiger partial charge is 0.309 e. The molecule has 0 saturated carbocycles. The molecule has 0 unspecified atom stereocenters. The topological polar surface area (TPSA) is 9.86 Å². The molecule has 0 saturated heterocycles. The fourth-order valence-corrected chi connectivity index (χ4v) is 11.0. The van der Waals surface area contributed by atoms with E-state index in [1.807, 2.05) is 0 Å². The third kappa shape index (κ3) is 10.4. The molecule has 0 aliphatic heterocycles. The monoisotopic (exact) mass is 1200 g/mol. The first-order valence-electron chi connectivity index (χ1n) is 25.7. The van der Waals surface area contributed by atoms with Gasteiger partial charge in [0.25, 0.3) is 0 Å². The molecule has 20 heteroatoms. The molecule has 0 amide bonds. The van der Waals surface area contributed by atoms with Crippen LogP contribution in [0.1, 0.15) is 33.4 Å². The van der Waals surface area contributed by atoms with Crippen molar-refractivity contribution in [3.05, 3.63) is 240 Å². The molecule has 0 spiro atoms. The van der Waals surface area contributed by atoms with E-state index in [1.165, 1.54) is 81.9 Å². The van der Waals surface area contributed by atoms with Gasteiger partial charge in [-0.25, -0.2) is 0 Å². The van der Waals surface area contributed by atoms with Crippen molar-refractivity contribution in [1.29, 1.82) is 0 Å². The average molecular weight is 1200 g/mol. The standard InChI is InChI=1S/C66H34F18N2/c67-61(68,69)43-13-1-35(2-14-43)39-9-23-49-50-24-10-40(36-3-15-44(16-4-36)62(70,71)72)30-58(50)85(57(49)29-39)47-21-27-55(65(79,80)81)53(33-47)54-34-48(22-28-56(54)66(82,83)84)86-59-31-41(37-5-17-45(18-6-37)63(73,74)75)11-25-51(59)52-26-12-42(32-60(52)86)38-7-19-46(20-8-38)64(76,77)78/h1-34H. The maximum atomic E-state index is 15.7. The maximum Gasteiger partial charge on any atom is 0.417 e. The summed E-state index contributed by atoms with van der Waals surface area (Å²) in [5.74, 6) is 0. The van der Waals surface area contributed by atoms with Crippen LogP contribution in [-0.2, 0) is 37.1 Å². The molecule has 12 aromatic rings. The number of rotatable bonds is 7. The zero-order valence-corrected chi connectivity index (χ0v) is 43.3. The third-order valence-corrected chi connectivity index (χ3v) is 15.1. The Hall–Kier alpha value is -9.46. The van der Waals surface area contributed by atoms with E-state index < -0.39 is 81.6 Å². The van der Waals surface area contributed by atoms with Gasteiger partial charge in [-0.15, -0.1) is 0 Å². The molecule has 0 fully saturated rings. The average Bonchev–Trinajstić information content (AvgIpc) is 2.05. The maximum absolute atomic E-state index is 15.7. The lowest BCUT2D eigenvalue weighted by Crippen LogP contribution is -2.12. The number of hydrogen-bond donors (Lipinski definition) is 0. The number of benzene rings is 10. The van der Waals surface area contributed by atoms with Gasteiger partial charge < -0.3 is 9.13 Å². The lowest BCUT2D eigenvalue weighted by molar-refractivity contribution is -0.139. The minimum atomic E-state index is -5.35. The summed E-state index contributed by atoms with van der Waals surface area (Å²) in [6, 6.07) is 40.1. The number of fused-ring (bicyclic) bond motifs is 6. The van der Waals surface area contributed by atoms with E-state index in [0.717, 1.165) is 72.8 Å². The molecular weight excluding hydrogens is 1160 g/mol. The van der Waals surface area contributed by atoms with Gasteiger partial charge in [-0.3, -0.25) is 0 Å². The van der Waals surface area contributed by atoms with Crippen molar-refractivity contribution < 1.29 is 79.0 Å². The summed E-state index contributed by atoms with van der Waals surface area (Å²) in [6.07, 6.45) is -29.5. The Morgan fingerprint density at radius 1 is 0.198 bits per heavy atom. The molecule has 2 nitrogen and oxygen atoms in total. The van der Waals surface area contributed by atoms with Crippen LogP contribution in [0.4, 0.5) is 79.0 Å². The third-order valence-electron chi connectivity index (χ3n) is 15.1. The molecule has 0 atom stereocenters. The summed E-state index contributed by atoms with van der Waals surface area (Å²) < 4.78 is 261. The van der Waals surface area contributed by atoms with Gasteiger partial charge in [0.2, 0.25) is 0 Å². The normalized spacial score (nSPS) is 13.0. The largest absolute Gasteiger partial charge is 0.417 e. The van der Waals surface area contributed by atoms with Crippen molar-refractivity contribution in [2.45, 2.75) is 37.1 Å². The van der Waals surface area contributed by atoms with Crippen molar-refractivity contribution in [3.8, 4) is 67.0 Å². The number of nitrogens with zero attached hydrogens (tertiary/aromatic N) is 2. The molecule has 2 heterocycles. The van der Waals surface area contributed by atoms with Crippen molar-refractivity contribution in [1.82, 2.24) is 9.13 Å². The van der Waals surface area contributed by atoms with Gasteiger partial charge in [0.15, 0.2) is 0 Å². The second kappa shape index (κ2) is 20.1. The fourth-order valence-electron chi connectivity index (χ4n) is 11.0. The highest BCUT2D eigenvalue weighted by Crippen LogP contribution is 2.48. The van der Waals surface area contributed by atoms with Crippen molar-refractivity contribution >= 4 is 43.6 Å². The summed E-state index contributed by atoms with van der Waals surface area (Å²) in [7, 11) is 0. The predicted molar refractivity (Wildman–Crippen MR) is 292 cm³/mol. The summed E-state index contributed by atoms with van der Waals surface area (Å²) in [5.41, 5.74) is -6.09. The van der Waals surface area contributed by atoms with Gasteiger partial charge in [0.05, 0.1) is 55.4 Å². The summed E-state index contributed by atoms with van der Waals surface area (Å²) in [4.78, 5) is 0. The summed E-state index contributed by atoms with van der Waals surface area (Å²) in [6.45, 7) is 0. The second-order valence-electron chi connectivity index (χ2n) is 20.4. The Kier molecular flexibility index (Phi) is 13.3. The lowest BCUT2D eigenvalue weighted by atomic mass is 9.93. The minimum absolute atomic E-state index is 0.167. The molecule has 434 valence electrons. The molecule has 10 aromatic carbocycles. The SMILES string of the molecule is FC(F)(F)c1ccc(-c2ccc3c4ccc(-c5ccc(C(F)(F)F)cc5)cc4n(-c4ccc(C(F)(F)F)c(-c5cc(-n6c7cc(-c8ccc(C(F)(F)F)cc8)ccc7c7ccc(-c8ccc(C(F)(F)F)cc8)cc76)ccc5C(F)(F)F)c4)c3c2)cc1. The number of hydrogen-bond acceptors (Lipinski definition) is 0. The molecule has 0 bridgehead atoms. The van der Waals surface area contributed by atoms with Gasteiger partial charge in [0, 0.05) is 32.9 Å². The van der Waals surface area contributed by atoms with Gasteiger partial charge in [0.1, 0.15) is 0 Å². The van der Waals surface area contributed by atoms with E-state index in [1.54, 1.807) is 48.5 Å². The Bertz CT molecular complexity index is 4080. The lowest BCUT2D eigenvalue weighted by Gasteiger charge is -2.21. The van der Waals surface area contributed by atoms with Crippen LogP contribution < -0.4 is 0 Å².